The lowest BCUT2D eigenvalue weighted by Crippen LogP contribution is -2.12. The summed E-state index contributed by atoms with van der Waals surface area (Å²) in [5.41, 5.74) is 1.88. The van der Waals surface area contributed by atoms with E-state index in [1.54, 1.807) is 36.4 Å². The van der Waals surface area contributed by atoms with E-state index in [0.29, 0.717) is 11.1 Å². The number of hydrogen-bond donors (Lipinski definition) is 2. The summed E-state index contributed by atoms with van der Waals surface area (Å²) in [6, 6.07) is 18.0. The fraction of sp³-hybridized carbons (Fsp3) is 0.105. The van der Waals surface area contributed by atoms with Crippen LogP contribution in [0.4, 0.5) is 0 Å². The number of ether oxygens (including phenoxy) is 1. The molecule has 0 aliphatic rings. The van der Waals surface area contributed by atoms with Gasteiger partial charge in [0, 0.05) is 12.5 Å². The zero-order valence-electron chi connectivity index (χ0n) is 13.4. The van der Waals surface area contributed by atoms with Crippen LogP contribution in [0.15, 0.2) is 60.4 Å². The number of fused-ring (bicyclic) bond motifs is 1. The molecular formula is C19H15N3O3. The van der Waals surface area contributed by atoms with Crippen molar-refractivity contribution in [2.45, 2.75) is 13.0 Å². The van der Waals surface area contributed by atoms with Gasteiger partial charge in [-0.05, 0) is 12.1 Å². The van der Waals surface area contributed by atoms with Crippen molar-refractivity contribution in [1.29, 1.82) is 5.26 Å². The van der Waals surface area contributed by atoms with Crippen molar-refractivity contribution < 1.29 is 14.6 Å². The lowest BCUT2D eigenvalue weighted by atomic mass is 10.0. The maximum atomic E-state index is 11.5. The smallest absolute Gasteiger partial charge is 0.303 e. The minimum Gasteiger partial charge on any atom is -0.507 e. The first kappa shape index (κ1) is 16.3. The molecule has 0 amide bonds. The van der Waals surface area contributed by atoms with E-state index in [0.717, 1.165) is 5.52 Å². The molecule has 2 aromatic carbocycles. The first-order chi connectivity index (χ1) is 12.1. The SMILES string of the molecule is CC(=O)O[C@@H](/C(O)=C(\C#N)c1nc2ccccc2[nH]1)c1ccccc1. The largest absolute Gasteiger partial charge is 0.507 e. The molecule has 25 heavy (non-hydrogen) atoms. The van der Waals surface area contributed by atoms with E-state index < -0.39 is 12.1 Å². The molecule has 1 heterocycles. The molecule has 1 aromatic heterocycles. The highest BCUT2D eigenvalue weighted by Crippen LogP contribution is 2.30. The van der Waals surface area contributed by atoms with Crippen LogP contribution in [-0.2, 0) is 9.53 Å². The van der Waals surface area contributed by atoms with E-state index >= 15 is 0 Å². The summed E-state index contributed by atoms with van der Waals surface area (Å²) in [7, 11) is 0. The molecule has 0 spiro atoms. The van der Waals surface area contributed by atoms with Gasteiger partial charge in [-0.15, -0.1) is 0 Å². The molecule has 1 atom stereocenters. The van der Waals surface area contributed by atoms with E-state index in [1.807, 2.05) is 24.3 Å². The zero-order valence-corrected chi connectivity index (χ0v) is 13.4. The number of nitrogens with one attached hydrogen (secondary N) is 1. The number of rotatable bonds is 4. The fourth-order valence-corrected chi connectivity index (χ4v) is 2.51. The molecule has 3 aromatic rings. The Kier molecular flexibility index (Phi) is 4.48. The summed E-state index contributed by atoms with van der Waals surface area (Å²) >= 11 is 0. The predicted molar refractivity (Wildman–Crippen MR) is 92.2 cm³/mol. The molecular weight excluding hydrogens is 318 g/mol. The number of aliphatic hydroxyl groups excluding tert-OH is 1. The third-order valence-electron chi connectivity index (χ3n) is 3.63. The maximum Gasteiger partial charge on any atom is 0.303 e. The summed E-state index contributed by atoms with van der Waals surface area (Å²) in [5, 5.41) is 20.2. The average molecular weight is 333 g/mol. The maximum absolute atomic E-state index is 11.5. The monoisotopic (exact) mass is 333 g/mol. The highest BCUT2D eigenvalue weighted by molar-refractivity contribution is 5.83. The number of allylic oxidation sites excluding steroid dienone is 1. The van der Waals surface area contributed by atoms with Crippen molar-refractivity contribution in [1.82, 2.24) is 9.97 Å². The van der Waals surface area contributed by atoms with Gasteiger partial charge in [0.1, 0.15) is 11.6 Å². The van der Waals surface area contributed by atoms with E-state index in [1.165, 1.54) is 6.92 Å². The van der Waals surface area contributed by atoms with Crippen LogP contribution in [0.5, 0.6) is 0 Å². The summed E-state index contributed by atoms with van der Waals surface area (Å²) in [5.74, 6) is -0.723. The standard InChI is InChI=1S/C19H15N3O3/c1-12(23)25-18(13-7-3-2-4-8-13)17(24)14(11-20)19-21-15-9-5-6-10-16(15)22-19/h2-10,18,24H,1H3,(H,21,22)/b17-14-/t18-/m1/s1. The number of nitrogens with zero attached hydrogens (tertiary/aromatic N) is 2. The molecule has 0 fully saturated rings. The number of hydrogen-bond acceptors (Lipinski definition) is 5. The molecule has 0 aliphatic carbocycles. The van der Waals surface area contributed by atoms with Gasteiger partial charge in [-0.2, -0.15) is 5.26 Å². The van der Waals surface area contributed by atoms with Crippen LogP contribution in [-0.4, -0.2) is 21.0 Å². The Bertz CT molecular complexity index is 951. The van der Waals surface area contributed by atoms with Gasteiger partial charge in [0.25, 0.3) is 0 Å². The van der Waals surface area contributed by atoms with Gasteiger partial charge < -0.3 is 14.8 Å². The molecule has 0 saturated heterocycles. The van der Waals surface area contributed by atoms with Gasteiger partial charge in [-0.1, -0.05) is 42.5 Å². The second kappa shape index (κ2) is 6.89. The zero-order chi connectivity index (χ0) is 17.8. The predicted octanol–water partition coefficient (Wildman–Crippen LogP) is 3.66. The number of carbonyl (C=O) groups excluding carboxylic acids is 1. The van der Waals surface area contributed by atoms with Crippen molar-refractivity contribution in [3.63, 3.8) is 0 Å². The number of carbonyl (C=O) groups is 1. The Morgan fingerprint density at radius 1 is 1.20 bits per heavy atom. The average Bonchev–Trinajstić information content (AvgIpc) is 3.04. The third-order valence-corrected chi connectivity index (χ3v) is 3.63. The summed E-state index contributed by atoms with van der Waals surface area (Å²) in [6.07, 6.45) is -1.08. The van der Waals surface area contributed by atoms with Gasteiger partial charge in [-0.3, -0.25) is 4.79 Å². The van der Waals surface area contributed by atoms with Crippen LogP contribution in [0.3, 0.4) is 0 Å². The van der Waals surface area contributed by atoms with Gasteiger partial charge >= 0.3 is 5.97 Å². The van der Waals surface area contributed by atoms with Gasteiger partial charge in [0.05, 0.1) is 11.0 Å². The molecule has 0 saturated carbocycles. The Morgan fingerprint density at radius 2 is 1.88 bits per heavy atom. The van der Waals surface area contributed by atoms with Crippen molar-refractivity contribution in [2.24, 2.45) is 0 Å². The van der Waals surface area contributed by atoms with Crippen molar-refractivity contribution in [3.05, 3.63) is 71.7 Å². The lowest BCUT2D eigenvalue weighted by molar-refractivity contribution is -0.146. The van der Waals surface area contributed by atoms with Crippen molar-refractivity contribution in [3.8, 4) is 6.07 Å². The van der Waals surface area contributed by atoms with E-state index in [2.05, 4.69) is 9.97 Å². The number of H-pyrrole nitrogens is 1. The fourth-order valence-electron chi connectivity index (χ4n) is 2.51. The van der Waals surface area contributed by atoms with E-state index in [9.17, 15) is 15.2 Å². The minimum absolute atomic E-state index is 0.0775. The molecule has 0 aliphatic heterocycles. The molecule has 0 unspecified atom stereocenters. The number of esters is 1. The number of imidazole rings is 1. The Balaban J connectivity index is 2.12. The summed E-state index contributed by atoms with van der Waals surface area (Å²) in [6.45, 7) is 1.25. The number of nitriles is 1. The molecule has 2 N–H and O–H groups in total. The number of aromatic amines is 1. The number of aliphatic hydroxyl groups is 1. The van der Waals surface area contributed by atoms with Crippen LogP contribution in [0.25, 0.3) is 16.6 Å². The molecule has 6 nitrogen and oxygen atoms in total. The normalized spacial score (nSPS) is 13.0. The molecule has 124 valence electrons. The molecule has 0 bridgehead atoms. The minimum atomic E-state index is -1.08. The van der Waals surface area contributed by atoms with Crippen LogP contribution in [0, 0.1) is 11.3 Å². The van der Waals surface area contributed by atoms with Crippen LogP contribution >= 0.6 is 0 Å². The quantitative estimate of drug-likeness (QED) is 0.431. The molecule has 6 heteroatoms. The first-order valence-electron chi connectivity index (χ1n) is 7.60. The van der Waals surface area contributed by atoms with Gasteiger partial charge in [-0.25, -0.2) is 4.98 Å². The van der Waals surface area contributed by atoms with Crippen molar-refractivity contribution in [2.75, 3.05) is 0 Å². The van der Waals surface area contributed by atoms with E-state index in [4.69, 9.17) is 4.74 Å². The Labute approximate surface area is 144 Å². The number of benzene rings is 2. The van der Waals surface area contributed by atoms with Crippen LogP contribution in [0.1, 0.15) is 24.4 Å². The van der Waals surface area contributed by atoms with E-state index in [-0.39, 0.29) is 17.2 Å². The first-order valence-corrected chi connectivity index (χ1v) is 7.60. The summed E-state index contributed by atoms with van der Waals surface area (Å²) in [4.78, 5) is 18.8. The van der Waals surface area contributed by atoms with Crippen molar-refractivity contribution >= 4 is 22.6 Å². The topological polar surface area (TPSA) is 99.0 Å². The Morgan fingerprint density at radius 3 is 2.52 bits per heavy atom. The van der Waals surface area contributed by atoms with Crippen LogP contribution < -0.4 is 0 Å². The van der Waals surface area contributed by atoms with Crippen LogP contribution in [0.2, 0.25) is 0 Å². The second-order valence-corrected chi connectivity index (χ2v) is 5.37. The number of para-hydroxylation sites is 2. The second-order valence-electron chi connectivity index (χ2n) is 5.37. The highest BCUT2D eigenvalue weighted by atomic mass is 16.6. The molecule has 3 rings (SSSR count). The Hall–Kier alpha value is -3.59. The lowest BCUT2D eigenvalue weighted by Gasteiger charge is -2.17. The van der Waals surface area contributed by atoms with Gasteiger partial charge in [0.15, 0.2) is 17.7 Å². The highest BCUT2D eigenvalue weighted by Gasteiger charge is 2.25. The summed E-state index contributed by atoms with van der Waals surface area (Å²) < 4.78 is 5.24. The number of aromatic nitrogens is 2. The molecule has 0 radical (unpaired) electrons. The third kappa shape index (κ3) is 3.35. The van der Waals surface area contributed by atoms with Gasteiger partial charge in [0.2, 0.25) is 0 Å².